The summed E-state index contributed by atoms with van der Waals surface area (Å²) in [5, 5.41) is 4.81. The Kier molecular flexibility index (Phi) is 3.74. The van der Waals surface area contributed by atoms with Gasteiger partial charge in [0.25, 0.3) is 5.24 Å². The fourth-order valence-electron chi connectivity index (χ4n) is 1.94. The number of nitrogens with one attached hydrogen (secondary N) is 2. The van der Waals surface area contributed by atoms with Crippen LogP contribution in [-0.4, -0.2) is 16.8 Å². The Morgan fingerprint density at radius 3 is 3.12 bits per heavy atom. The van der Waals surface area contributed by atoms with Gasteiger partial charge >= 0.3 is 0 Å². The van der Waals surface area contributed by atoms with Crippen LogP contribution in [0.1, 0.15) is 18.9 Å². The standard InChI is InChI=1S/C13H16N2OS/c1-9-2-4-11-10(6-7-14-13(16)17)8-15-12(11)5-3-9/h3-5,8,15H,2,6-7H2,1H3,(H2,14,16,17). The molecule has 1 aliphatic rings. The maximum absolute atomic E-state index is 10.7. The summed E-state index contributed by atoms with van der Waals surface area (Å²) >= 11 is 3.68. The maximum atomic E-state index is 10.7. The Bertz CT molecular complexity index is 569. The summed E-state index contributed by atoms with van der Waals surface area (Å²) in [7, 11) is 0. The molecule has 0 saturated carbocycles. The molecule has 1 heterocycles. The maximum Gasteiger partial charge on any atom is 0.275 e. The summed E-state index contributed by atoms with van der Waals surface area (Å²) in [6, 6.07) is 0. The lowest BCUT2D eigenvalue weighted by Gasteiger charge is -1.99. The highest BCUT2D eigenvalue weighted by Gasteiger charge is 2.02. The third-order valence-electron chi connectivity index (χ3n) is 2.87. The number of rotatable bonds is 3. The normalized spacial score (nSPS) is 13.9. The molecule has 0 spiro atoms. The van der Waals surface area contributed by atoms with Gasteiger partial charge in [0.15, 0.2) is 0 Å². The number of hydrogen-bond donors (Lipinski definition) is 3. The molecule has 0 saturated heterocycles. The summed E-state index contributed by atoms with van der Waals surface area (Å²) in [5.41, 5.74) is 2.59. The van der Waals surface area contributed by atoms with E-state index in [1.807, 2.05) is 6.20 Å². The van der Waals surface area contributed by atoms with Crippen molar-refractivity contribution < 1.29 is 4.79 Å². The number of carbonyl (C=O) groups excluding carboxylic acids is 1. The number of fused-ring (bicyclic) bond motifs is 1. The first-order chi connectivity index (χ1) is 8.16. The average Bonchev–Trinajstić information content (AvgIpc) is 2.56. The number of carbonyl (C=O) groups is 1. The molecule has 1 aliphatic carbocycles. The highest BCUT2D eigenvalue weighted by atomic mass is 32.1. The summed E-state index contributed by atoms with van der Waals surface area (Å²) in [6.07, 6.45) is 10.3. The van der Waals surface area contributed by atoms with E-state index in [1.54, 1.807) is 0 Å². The molecule has 0 radical (unpaired) electrons. The molecule has 17 heavy (non-hydrogen) atoms. The lowest BCUT2D eigenvalue weighted by atomic mass is 10.1. The molecule has 2 rings (SSSR count). The van der Waals surface area contributed by atoms with Crippen LogP contribution in [0.3, 0.4) is 0 Å². The van der Waals surface area contributed by atoms with Crippen LogP contribution in [0.4, 0.5) is 4.79 Å². The van der Waals surface area contributed by atoms with Crippen molar-refractivity contribution >= 4 is 30.0 Å². The average molecular weight is 248 g/mol. The minimum atomic E-state index is -0.278. The van der Waals surface area contributed by atoms with Crippen molar-refractivity contribution in [2.24, 2.45) is 0 Å². The lowest BCUT2D eigenvalue weighted by molar-refractivity contribution is 0.261. The van der Waals surface area contributed by atoms with Crippen LogP contribution in [0.5, 0.6) is 0 Å². The second-order valence-corrected chi connectivity index (χ2v) is 4.62. The molecule has 1 amide bonds. The number of amides is 1. The SMILES string of the molecule is CC1=CC=c2[nH]cc(CCNC(=O)S)c2=CC1. The Morgan fingerprint density at radius 2 is 2.35 bits per heavy atom. The second-order valence-electron chi connectivity index (χ2n) is 4.21. The molecule has 0 atom stereocenters. The summed E-state index contributed by atoms with van der Waals surface area (Å²) in [5.74, 6) is 0. The molecule has 1 aromatic rings. The van der Waals surface area contributed by atoms with Crippen molar-refractivity contribution in [3.63, 3.8) is 0 Å². The minimum Gasteiger partial charge on any atom is -0.361 e. The monoisotopic (exact) mass is 248 g/mol. The van der Waals surface area contributed by atoms with Gasteiger partial charge in [0.1, 0.15) is 0 Å². The van der Waals surface area contributed by atoms with Crippen molar-refractivity contribution in [2.45, 2.75) is 19.8 Å². The number of aromatic amines is 1. The smallest absolute Gasteiger partial charge is 0.275 e. The molecule has 0 unspecified atom stereocenters. The van der Waals surface area contributed by atoms with Crippen molar-refractivity contribution in [1.29, 1.82) is 0 Å². The fraction of sp³-hybridized carbons (Fsp3) is 0.308. The first-order valence-corrected chi connectivity index (χ1v) is 6.12. The molecule has 3 nitrogen and oxygen atoms in total. The number of thiol groups is 1. The van der Waals surface area contributed by atoms with E-state index in [1.165, 1.54) is 16.4 Å². The van der Waals surface area contributed by atoms with E-state index in [9.17, 15) is 4.79 Å². The van der Waals surface area contributed by atoms with E-state index in [4.69, 9.17) is 0 Å². The minimum absolute atomic E-state index is 0.278. The number of aromatic nitrogens is 1. The quantitative estimate of drug-likeness (QED) is 0.689. The highest BCUT2D eigenvalue weighted by molar-refractivity contribution is 7.96. The number of hydrogen-bond acceptors (Lipinski definition) is 1. The molecule has 1 aromatic heterocycles. The van der Waals surface area contributed by atoms with Crippen molar-refractivity contribution in [3.05, 3.63) is 34.0 Å². The zero-order valence-corrected chi connectivity index (χ0v) is 10.7. The Labute approximate surface area is 106 Å². The Morgan fingerprint density at radius 1 is 1.53 bits per heavy atom. The van der Waals surface area contributed by atoms with Crippen LogP contribution in [0, 0.1) is 0 Å². The van der Waals surface area contributed by atoms with Gasteiger partial charge in [-0.05, 0) is 36.6 Å². The predicted molar refractivity (Wildman–Crippen MR) is 73.4 cm³/mol. The lowest BCUT2D eigenvalue weighted by Crippen LogP contribution is -2.27. The van der Waals surface area contributed by atoms with Gasteiger partial charge in [0.2, 0.25) is 0 Å². The summed E-state index contributed by atoms with van der Waals surface area (Å²) < 4.78 is 0. The highest BCUT2D eigenvalue weighted by Crippen LogP contribution is 2.03. The van der Waals surface area contributed by atoms with E-state index in [0.29, 0.717) is 6.54 Å². The molecule has 90 valence electrons. The third kappa shape index (κ3) is 3.03. The number of allylic oxidation sites excluding steroid dienone is 2. The van der Waals surface area contributed by atoms with Gasteiger partial charge in [0, 0.05) is 18.1 Å². The fourth-order valence-corrected chi connectivity index (χ4v) is 2.05. The molecular weight excluding hydrogens is 232 g/mol. The van der Waals surface area contributed by atoms with Gasteiger partial charge in [-0.25, -0.2) is 0 Å². The zero-order chi connectivity index (χ0) is 12.3. The van der Waals surface area contributed by atoms with Gasteiger partial charge in [-0.2, -0.15) is 0 Å². The van der Waals surface area contributed by atoms with E-state index in [-0.39, 0.29) is 5.24 Å². The van der Waals surface area contributed by atoms with Crippen LogP contribution in [0.15, 0.2) is 17.8 Å². The van der Waals surface area contributed by atoms with Crippen LogP contribution in [0.25, 0.3) is 12.2 Å². The molecule has 4 heteroatoms. The third-order valence-corrected chi connectivity index (χ3v) is 3.03. The topological polar surface area (TPSA) is 44.9 Å². The van der Waals surface area contributed by atoms with Gasteiger partial charge in [0.05, 0.1) is 0 Å². The van der Waals surface area contributed by atoms with E-state index in [2.05, 4.69) is 48.1 Å². The molecule has 0 aromatic carbocycles. The summed E-state index contributed by atoms with van der Waals surface area (Å²) in [4.78, 5) is 13.9. The van der Waals surface area contributed by atoms with Gasteiger partial charge in [-0.15, -0.1) is 0 Å². The number of H-pyrrole nitrogens is 1. The van der Waals surface area contributed by atoms with Crippen LogP contribution in [-0.2, 0) is 6.42 Å². The van der Waals surface area contributed by atoms with Crippen LogP contribution >= 0.6 is 12.6 Å². The van der Waals surface area contributed by atoms with Crippen LogP contribution < -0.4 is 15.9 Å². The molecule has 0 fully saturated rings. The van der Waals surface area contributed by atoms with Gasteiger partial charge < -0.3 is 10.3 Å². The molecule has 2 N–H and O–H groups in total. The largest absolute Gasteiger partial charge is 0.361 e. The Balaban J connectivity index is 2.18. The van der Waals surface area contributed by atoms with Crippen molar-refractivity contribution in [1.82, 2.24) is 10.3 Å². The van der Waals surface area contributed by atoms with E-state index >= 15 is 0 Å². The first kappa shape index (κ1) is 12.0. The van der Waals surface area contributed by atoms with Crippen molar-refractivity contribution in [2.75, 3.05) is 6.54 Å². The van der Waals surface area contributed by atoms with Crippen molar-refractivity contribution in [3.8, 4) is 0 Å². The zero-order valence-electron chi connectivity index (χ0n) is 9.79. The second kappa shape index (κ2) is 5.27. The molecule has 0 aliphatic heterocycles. The van der Waals surface area contributed by atoms with E-state index < -0.39 is 0 Å². The first-order valence-electron chi connectivity index (χ1n) is 5.67. The molecule has 0 bridgehead atoms. The summed E-state index contributed by atoms with van der Waals surface area (Å²) in [6.45, 7) is 2.74. The van der Waals surface area contributed by atoms with Crippen LogP contribution in [0.2, 0.25) is 0 Å². The predicted octanol–water partition coefficient (Wildman–Crippen LogP) is 1.11. The van der Waals surface area contributed by atoms with Gasteiger partial charge in [-0.3, -0.25) is 4.79 Å². The molecular formula is C13H16N2OS. The van der Waals surface area contributed by atoms with E-state index in [0.717, 1.165) is 18.2 Å². The van der Waals surface area contributed by atoms with Gasteiger partial charge in [-0.1, -0.05) is 30.4 Å². The Hall–Kier alpha value is -1.42.